The van der Waals surface area contributed by atoms with Crippen molar-refractivity contribution in [3.8, 4) is 17.2 Å². The Morgan fingerprint density at radius 2 is 1.79 bits per heavy atom. The van der Waals surface area contributed by atoms with Gasteiger partial charge in [0.1, 0.15) is 11.6 Å². The van der Waals surface area contributed by atoms with Gasteiger partial charge in [-0.05, 0) is 43.7 Å². The quantitative estimate of drug-likeness (QED) is 0.398. The Bertz CT molecular complexity index is 1300. The predicted octanol–water partition coefficient (Wildman–Crippen LogP) is 4.28. The highest BCUT2D eigenvalue weighted by molar-refractivity contribution is 6.05. The number of imidazole rings is 2. The average molecular weight is 464 g/mol. The Hall–Kier alpha value is -4.01. The third kappa shape index (κ3) is 4.41. The number of carbonyl (C=O) groups is 1. The number of aromatic nitrogens is 4. The monoisotopic (exact) mass is 463 g/mol. The van der Waals surface area contributed by atoms with Gasteiger partial charge in [0.15, 0.2) is 11.5 Å². The second kappa shape index (κ2) is 9.86. The second-order valence-electron chi connectivity index (χ2n) is 7.85. The van der Waals surface area contributed by atoms with E-state index in [4.69, 9.17) is 19.2 Å². The fourth-order valence-corrected chi connectivity index (χ4v) is 3.99. The third-order valence-electron chi connectivity index (χ3n) is 5.69. The van der Waals surface area contributed by atoms with Gasteiger partial charge in [0, 0.05) is 30.2 Å². The number of hydrogen-bond donors (Lipinski definition) is 1. The standard InChI is InChI=1S/C25H29N5O4/c1-6-10-30-20-8-7-18(14-19(20)28-23(30)15-29-11-9-26-16(29)2)27-25(31)17-12-21(32-3)24(34-5)22(13-17)33-4/h7-9,11-14H,6,10,15H2,1-5H3,(H,27,31). The molecule has 178 valence electrons. The van der Waals surface area contributed by atoms with Crippen LogP contribution in [-0.4, -0.2) is 46.3 Å². The molecule has 0 aliphatic carbocycles. The molecule has 0 saturated carbocycles. The van der Waals surface area contributed by atoms with Crippen LogP contribution in [0.5, 0.6) is 17.2 Å². The van der Waals surface area contributed by atoms with Crippen LogP contribution in [0.3, 0.4) is 0 Å². The Balaban J connectivity index is 1.64. The number of nitrogens with one attached hydrogen (secondary N) is 1. The molecule has 0 radical (unpaired) electrons. The van der Waals surface area contributed by atoms with E-state index in [2.05, 4.69) is 26.4 Å². The molecule has 0 bridgehead atoms. The molecule has 0 saturated heterocycles. The van der Waals surface area contributed by atoms with Gasteiger partial charge in [-0.2, -0.15) is 0 Å². The number of fused-ring (bicyclic) bond motifs is 1. The molecule has 0 aliphatic heterocycles. The molecular formula is C25H29N5O4. The lowest BCUT2D eigenvalue weighted by Gasteiger charge is -2.14. The van der Waals surface area contributed by atoms with Gasteiger partial charge in [0.25, 0.3) is 5.91 Å². The van der Waals surface area contributed by atoms with Crippen LogP contribution < -0.4 is 19.5 Å². The largest absolute Gasteiger partial charge is 0.493 e. The molecule has 0 unspecified atom stereocenters. The molecule has 9 nitrogen and oxygen atoms in total. The highest BCUT2D eigenvalue weighted by Crippen LogP contribution is 2.38. The first-order valence-corrected chi connectivity index (χ1v) is 11.1. The van der Waals surface area contributed by atoms with E-state index in [9.17, 15) is 4.79 Å². The maximum atomic E-state index is 13.0. The Morgan fingerprint density at radius 1 is 1.06 bits per heavy atom. The minimum atomic E-state index is -0.291. The fourth-order valence-electron chi connectivity index (χ4n) is 3.99. The highest BCUT2D eigenvalue weighted by Gasteiger charge is 2.18. The van der Waals surface area contributed by atoms with Crippen molar-refractivity contribution in [2.24, 2.45) is 0 Å². The first kappa shape index (κ1) is 23.2. The summed E-state index contributed by atoms with van der Waals surface area (Å²) in [6, 6.07) is 9.01. The Kier molecular flexibility index (Phi) is 6.72. The highest BCUT2D eigenvalue weighted by atomic mass is 16.5. The molecule has 34 heavy (non-hydrogen) atoms. The number of ether oxygens (including phenoxy) is 3. The number of anilines is 1. The summed E-state index contributed by atoms with van der Waals surface area (Å²) in [5, 5.41) is 2.95. The SMILES string of the molecule is CCCn1c(Cn2ccnc2C)nc2cc(NC(=O)c3cc(OC)c(OC)c(OC)c3)ccc21. The lowest BCUT2D eigenvalue weighted by Crippen LogP contribution is -2.12. The number of aryl methyl sites for hydroxylation is 2. The van der Waals surface area contributed by atoms with Gasteiger partial charge in [-0.1, -0.05) is 6.92 Å². The zero-order chi connectivity index (χ0) is 24.2. The number of rotatable bonds is 9. The topological polar surface area (TPSA) is 92.4 Å². The van der Waals surface area contributed by atoms with Crippen LogP contribution in [0, 0.1) is 6.92 Å². The summed E-state index contributed by atoms with van der Waals surface area (Å²) in [5.41, 5.74) is 2.89. The van der Waals surface area contributed by atoms with Crippen molar-refractivity contribution in [1.82, 2.24) is 19.1 Å². The van der Waals surface area contributed by atoms with Crippen molar-refractivity contribution in [2.45, 2.75) is 33.4 Å². The molecule has 2 aromatic heterocycles. The van der Waals surface area contributed by atoms with Crippen LogP contribution in [0.25, 0.3) is 11.0 Å². The molecule has 9 heteroatoms. The van der Waals surface area contributed by atoms with Crippen LogP contribution in [0.15, 0.2) is 42.7 Å². The fraction of sp³-hybridized carbons (Fsp3) is 0.320. The lowest BCUT2D eigenvalue weighted by atomic mass is 10.1. The maximum absolute atomic E-state index is 13.0. The molecular weight excluding hydrogens is 434 g/mol. The van der Waals surface area contributed by atoms with Gasteiger partial charge in [-0.3, -0.25) is 4.79 Å². The summed E-state index contributed by atoms with van der Waals surface area (Å²) in [7, 11) is 4.56. The zero-order valence-electron chi connectivity index (χ0n) is 20.1. The van der Waals surface area contributed by atoms with E-state index in [0.717, 1.165) is 35.6 Å². The first-order valence-electron chi connectivity index (χ1n) is 11.1. The van der Waals surface area contributed by atoms with Crippen molar-refractivity contribution in [3.05, 3.63) is 59.9 Å². The lowest BCUT2D eigenvalue weighted by molar-refractivity contribution is 0.102. The van der Waals surface area contributed by atoms with E-state index in [-0.39, 0.29) is 5.91 Å². The summed E-state index contributed by atoms with van der Waals surface area (Å²) in [6.45, 7) is 5.61. The van der Waals surface area contributed by atoms with Gasteiger partial charge in [0.05, 0.1) is 38.9 Å². The van der Waals surface area contributed by atoms with E-state index < -0.39 is 0 Å². The number of nitrogens with zero attached hydrogens (tertiary/aromatic N) is 4. The second-order valence-corrected chi connectivity index (χ2v) is 7.85. The van der Waals surface area contributed by atoms with Crippen LogP contribution in [0.2, 0.25) is 0 Å². The molecule has 2 heterocycles. The normalized spacial score (nSPS) is 11.0. The smallest absolute Gasteiger partial charge is 0.255 e. The van der Waals surface area contributed by atoms with Gasteiger partial charge < -0.3 is 28.7 Å². The van der Waals surface area contributed by atoms with E-state index in [1.165, 1.54) is 21.3 Å². The van der Waals surface area contributed by atoms with E-state index in [1.807, 2.05) is 31.3 Å². The molecule has 4 aromatic rings. The summed E-state index contributed by atoms with van der Waals surface area (Å²) >= 11 is 0. The van der Waals surface area contributed by atoms with Gasteiger partial charge >= 0.3 is 0 Å². The minimum Gasteiger partial charge on any atom is -0.493 e. The molecule has 2 aromatic carbocycles. The number of carbonyl (C=O) groups excluding carboxylic acids is 1. The molecule has 0 aliphatic rings. The van der Waals surface area contributed by atoms with Gasteiger partial charge in [-0.25, -0.2) is 9.97 Å². The number of methoxy groups -OCH3 is 3. The van der Waals surface area contributed by atoms with Gasteiger partial charge in [-0.15, -0.1) is 0 Å². The first-order chi connectivity index (χ1) is 16.5. The van der Waals surface area contributed by atoms with Crippen molar-refractivity contribution in [1.29, 1.82) is 0 Å². The summed E-state index contributed by atoms with van der Waals surface area (Å²) in [6.07, 6.45) is 4.73. The van der Waals surface area contributed by atoms with E-state index >= 15 is 0 Å². The maximum Gasteiger partial charge on any atom is 0.255 e. The average Bonchev–Trinajstić information content (AvgIpc) is 3.40. The third-order valence-corrected chi connectivity index (χ3v) is 5.69. The van der Waals surface area contributed by atoms with Crippen molar-refractivity contribution >= 4 is 22.6 Å². The minimum absolute atomic E-state index is 0.291. The van der Waals surface area contributed by atoms with Crippen molar-refractivity contribution < 1.29 is 19.0 Å². The molecule has 1 N–H and O–H groups in total. The summed E-state index contributed by atoms with van der Waals surface area (Å²) in [4.78, 5) is 22.2. The van der Waals surface area contributed by atoms with Gasteiger partial charge in [0.2, 0.25) is 5.75 Å². The van der Waals surface area contributed by atoms with E-state index in [1.54, 1.807) is 18.3 Å². The molecule has 1 amide bonds. The van der Waals surface area contributed by atoms with E-state index in [0.29, 0.717) is 35.0 Å². The zero-order valence-corrected chi connectivity index (χ0v) is 20.1. The molecule has 0 spiro atoms. The predicted molar refractivity (Wildman–Crippen MR) is 130 cm³/mol. The summed E-state index contributed by atoms with van der Waals surface area (Å²) in [5.74, 6) is 2.87. The number of benzene rings is 2. The molecule has 0 atom stereocenters. The Labute approximate surface area is 198 Å². The van der Waals surface area contributed by atoms with Crippen molar-refractivity contribution in [2.75, 3.05) is 26.6 Å². The summed E-state index contributed by atoms with van der Waals surface area (Å²) < 4.78 is 20.4. The number of hydrogen-bond acceptors (Lipinski definition) is 6. The van der Waals surface area contributed by atoms with Crippen LogP contribution in [0.4, 0.5) is 5.69 Å². The van der Waals surface area contributed by atoms with Crippen LogP contribution >= 0.6 is 0 Å². The van der Waals surface area contributed by atoms with Crippen LogP contribution in [-0.2, 0) is 13.1 Å². The molecule has 0 fully saturated rings. The van der Waals surface area contributed by atoms with Crippen LogP contribution in [0.1, 0.15) is 35.4 Å². The number of amides is 1. The molecule has 4 rings (SSSR count). The van der Waals surface area contributed by atoms with Crippen molar-refractivity contribution in [3.63, 3.8) is 0 Å². The Morgan fingerprint density at radius 3 is 2.38 bits per heavy atom.